The number of amides is 2. The fraction of sp³-hybridized carbons (Fsp3) is 0.652. The Labute approximate surface area is 164 Å². The number of piperidine rings is 1. The molecule has 2 rings (SSSR count). The highest BCUT2D eigenvalue weighted by Crippen LogP contribution is 2.32. The Morgan fingerprint density at radius 2 is 1.85 bits per heavy atom. The summed E-state index contributed by atoms with van der Waals surface area (Å²) in [6.45, 7) is 12.7. The highest BCUT2D eigenvalue weighted by molar-refractivity contribution is 5.81. The van der Waals surface area contributed by atoms with Crippen LogP contribution in [0.3, 0.4) is 0 Å². The first-order valence-electron chi connectivity index (χ1n) is 10.4. The molecule has 1 aromatic rings. The SMILES string of the molecule is CCC(=O)NCC(CC)C(=O)N1CCC(c2cccc(C(C)(C)C)c2)CC1. The molecule has 150 valence electrons. The second kappa shape index (κ2) is 9.38. The largest absolute Gasteiger partial charge is 0.355 e. The highest BCUT2D eigenvalue weighted by atomic mass is 16.2. The maximum Gasteiger partial charge on any atom is 0.227 e. The van der Waals surface area contributed by atoms with E-state index in [0.717, 1.165) is 32.4 Å². The summed E-state index contributed by atoms with van der Waals surface area (Å²) >= 11 is 0. The van der Waals surface area contributed by atoms with Gasteiger partial charge in [-0.2, -0.15) is 0 Å². The lowest BCUT2D eigenvalue weighted by molar-refractivity contribution is -0.136. The molecule has 27 heavy (non-hydrogen) atoms. The summed E-state index contributed by atoms with van der Waals surface area (Å²) in [4.78, 5) is 26.3. The fourth-order valence-electron chi connectivity index (χ4n) is 3.72. The minimum Gasteiger partial charge on any atom is -0.355 e. The molecular weight excluding hydrogens is 336 g/mol. The van der Waals surface area contributed by atoms with Crippen LogP contribution in [0, 0.1) is 5.92 Å². The van der Waals surface area contributed by atoms with E-state index in [9.17, 15) is 9.59 Å². The summed E-state index contributed by atoms with van der Waals surface area (Å²) < 4.78 is 0. The summed E-state index contributed by atoms with van der Waals surface area (Å²) in [7, 11) is 0. The van der Waals surface area contributed by atoms with Crippen molar-refractivity contribution in [3.8, 4) is 0 Å². The molecule has 1 atom stereocenters. The molecule has 0 spiro atoms. The molecule has 1 aliphatic heterocycles. The number of rotatable bonds is 6. The van der Waals surface area contributed by atoms with Gasteiger partial charge in [-0.15, -0.1) is 0 Å². The third kappa shape index (κ3) is 5.82. The summed E-state index contributed by atoms with van der Waals surface area (Å²) in [5, 5.41) is 2.87. The Kier molecular flexibility index (Phi) is 7.46. The molecule has 0 saturated carbocycles. The molecule has 1 aliphatic rings. The topological polar surface area (TPSA) is 49.4 Å². The van der Waals surface area contributed by atoms with Crippen LogP contribution < -0.4 is 5.32 Å². The Morgan fingerprint density at radius 3 is 2.41 bits per heavy atom. The third-order valence-electron chi connectivity index (χ3n) is 5.74. The second-order valence-corrected chi connectivity index (χ2v) is 8.74. The Balaban J connectivity index is 1.94. The Hall–Kier alpha value is -1.84. The maximum atomic E-state index is 12.8. The average molecular weight is 373 g/mol. The number of likely N-dealkylation sites (tertiary alicyclic amines) is 1. The van der Waals surface area contributed by atoms with Gasteiger partial charge in [0.15, 0.2) is 0 Å². The van der Waals surface area contributed by atoms with Gasteiger partial charge in [0, 0.05) is 26.1 Å². The maximum absolute atomic E-state index is 12.8. The molecule has 4 heteroatoms. The van der Waals surface area contributed by atoms with E-state index in [1.54, 1.807) is 0 Å². The molecule has 1 fully saturated rings. The van der Waals surface area contributed by atoms with Crippen LogP contribution in [0.2, 0.25) is 0 Å². The minimum atomic E-state index is -0.110. The van der Waals surface area contributed by atoms with Crippen LogP contribution in [0.5, 0.6) is 0 Å². The van der Waals surface area contributed by atoms with Gasteiger partial charge in [-0.3, -0.25) is 9.59 Å². The monoisotopic (exact) mass is 372 g/mol. The van der Waals surface area contributed by atoms with Gasteiger partial charge in [0.1, 0.15) is 0 Å². The van der Waals surface area contributed by atoms with Crippen LogP contribution in [-0.4, -0.2) is 36.3 Å². The number of benzene rings is 1. The van der Waals surface area contributed by atoms with Crippen molar-refractivity contribution in [2.45, 2.75) is 71.6 Å². The number of nitrogens with zero attached hydrogens (tertiary/aromatic N) is 1. The Morgan fingerprint density at radius 1 is 1.19 bits per heavy atom. The molecule has 0 aliphatic carbocycles. The molecular formula is C23H36N2O2. The molecule has 1 unspecified atom stereocenters. The van der Waals surface area contributed by atoms with E-state index in [2.05, 4.69) is 50.4 Å². The van der Waals surface area contributed by atoms with Crippen LogP contribution in [0.4, 0.5) is 0 Å². The van der Waals surface area contributed by atoms with E-state index in [0.29, 0.717) is 18.9 Å². The average Bonchev–Trinajstić information content (AvgIpc) is 2.67. The van der Waals surface area contributed by atoms with Gasteiger partial charge < -0.3 is 10.2 Å². The van der Waals surface area contributed by atoms with Gasteiger partial charge in [-0.25, -0.2) is 0 Å². The summed E-state index contributed by atoms with van der Waals surface area (Å²) in [6.07, 6.45) is 3.24. The normalized spacial score (nSPS) is 16.9. The van der Waals surface area contributed by atoms with E-state index in [1.807, 2.05) is 18.7 Å². The first-order chi connectivity index (χ1) is 12.8. The summed E-state index contributed by atoms with van der Waals surface area (Å²) in [6, 6.07) is 8.94. The van der Waals surface area contributed by atoms with E-state index in [1.165, 1.54) is 11.1 Å². The van der Waals surface area contributed by atoms with Crippen molar-refractivity contribution in [3.05, 3.63) is 35.4 Å². The molecule has 4 nitrogen and oxygen atoms in total. The van der Waals surface area contributed by atoms with E-state index < -0.39 is 0 Å². The van der Waals surface area contributed by atoms with Gasteiger partial charge in [0.2, 0.25) is 11.8 Å². The fourth-order valence-corrected chi connectivity index (χ4v) is 3.72. The van der Waals surface area contributed by atoms with Crippen molar-refractivity contribution in [1.82, 2.24) is 10.2 Å². The smallest absolute Gasteiger partial charge is 0.227 e. The molecule has 1 N–H and O–H groups in total. The van der Waals surface area contributed by atoms with Crippen LogP contribution in [-0.2, 0) is 15.0 Å². The number of carbonyl (C=O) groups excluding carboxylic acids is 2. The van der Waals surface area contributed by atoms with Crippen LogP contribution >= 0.6 is 0 Å². The molecule has 2 amide bonds. The van der Waals surface area contributed by atoms with Gasteiger partial charge in [0.05, 0.1) is 5.92 Å². The van der Waals surface area contributed by atoms with E-state index in [-0.39, 0.29) is 23.1 Å². The zero-order valence-electron chi connectivity index (χ0n) is 17.7. The van der Waals surface area contributed by atoms with Gasteiger partial charge in [-0.1, -0.05) is 58.9 Å². The highest BCUT2D eigenvalue weighted by Gasteiger charge is 2.28. The van der Waals surface area contributed by atoms with E-state index >= 15 is 0 Å². The quantitative estimate of drug-likeness (QED) is 0.812. The molecule has 0 radical (unpaired) electrons. The van der Waals surface area contributed by atoms with Crippen molar-refractivity contribution >= 4 is 11.8 Å². The lowest BCUT2D eigenvalue weighted by Gasteiger charge is -2.35. The van der Waals surface area contributed by atoms with Crippen LogP contribution in [0.1, 0.15) is 77.3 Å². The molecule has 1 heterocycles. The predicted molar refractivity (Wildman–Crippen MR) is 111 cm³/mol. The second-order valence-electron chi connectivity index (χ2n) is 8.74. The van der Waals surface area contributed by atoms with Crippen molar-refractivity contribution in [2.24, 2.45) is 5.92 Å². The lowest BCUT2D eigenvalue weighted by atomic mass is 9.82. The zero-order valence-corrected chi connectivity index (χ0v) is 17.7. The van der Waals surface area contributed by atoms with Crippen LogP contribution in [0.15, 0.2) is 24.3 Å². The Bertz CT molecular complexity index is 640. The van der Waals surface area contributed by atoms with Crippen LogP contribution in [0.25, 0.3) is 0 Å². The number of hydrogen-bond acceptors (Lipinski definition) is 2. The molecule has 0 aromatic heterocycles. The van der Waals surface area contributed by atoms with Crippen molar-refractivity contribution in [2.75, 3.05) is 19.6 Å². The third-order valence-corrected chi connectivity index (χ3v) is 5.74. The van der Waals surface area contributed by atoms with Gasteiger partial charge in [0.25, 0.3) is 0 Å². The van der Waals surface area contributed by atoms with E-state index in [4.69, 9.17) is 0 Å². The molecule has 0 bridgehead atoms. The molecule has 1 aromatic carbocycles. The number of carbonyl (C=O) groups is 2. The predicted octanol–water partition coefficient (Wildman–Crippen LogP) is 4.24. The van der Waals surface area contributed by atoms with Crippen molar-refractivity contribution < 1.29 is 9.59 Å². The van der Waals surface area contributed by atoms with Crippen molar-refractivity contribution in [3.63, 3.8) is 0 Å². The molecule has 1 saturated heterocycles. The zero-order chi connectivity index (χ0) is 20.0. The number of hydrogen-bond donors (Lipinski definition) is 1. The van der Waals surface area contributed by atoms with Gasteiger partial charge >= 0.3 is 0 Å². The van der Waals surface area contributed by atoms with Crippen molar-refractivity contribution in [1.29, 1.82) is 0 Å². The first kappa shape index (κ1) is 21.5. The first-order valence-corrected chi connectivity index (χ1v) is 10.4. The lowest BCUT2D eigenvalue weighted by Crippen LogP contribution is -2.44. The summed E-state index contributed by atoms with van der Waals surface area (Å²) in [5.74, 6) is 0.618. The van der Waals surface area contributed by atoms with Gasteiger partial charge in [-0.05, 0) is 41.7 Å². The number of nitrogens with one attached hydrogen (secondary N) is 1. The summed E-state index contributed by atoms with van der Waals surface area (Å²) in [5.41, 5.74) is 2.93. The standard InChI is InChI=1S/C23H36N2O2/c1-6-17(16-24-21(26)7-2)22(27)25-13-11-18(12-14-25)19-9-8-10-20(15-19)23(3,4)5/h8-10,15,17-18H,6-7,11-14,16H2,1-5H3,(H,24,26). The minimum absolute atomic E-state index is 0.0127.